The van der Waals surface area contributed by atoms with Gasteiger partial charge in [0.2, 0.25) is 5.13 Å². The molecule has 2 aromatic heterocycles. The second-order valence-corrected chi connectivity index (χ2v) is 6.36. The molecule has 5 nitrogen and oxygen atoms in total. The summed E-state index contributed by atoms with van der Waals surface area (Å²) in [5.74, 6) is -0.318. The van der Waals surface area contributed by atoms with Crippen LogP contribution >= 0.6 is 11.3 Å². The largest absolute Gasteiger partial charge is 0.463 e. The van der Waals surface area contributed by atoms with Crippen LogP contribution < -0.4 is 5.01 Å². The summed E-state index contributed by atoms with van der Waals surface area (Å²) >= 11 is 1.34. The SMILES string of the molecule is O=C(c1ccc(F)cc1)N(/N=C/c1ccco1)c1nc2ccccc2s1. The van der Waals surface area contributed by atoms with E-state index in [2.05, 4.69) is 10.1 Å². The van der Waals surface area contributed by atoms with E-state index in [0.717, 1.165) is 10.2 Å². The van der Waals surface area contributed by atoms with E-state index in [1.165, 1.54) is 53.1 Å². The summed E-state index contributed by atoms with van der Waals surface area (Å²) in [7, 11) is 0. The Hall–Kier alpha value is -3.32. The van der Waals surface area contributed by atoms with Crippen molar-refractivity contribution in [3.8, 4) is 0 Å². The number of hydrogen-bond acceptors (Lipinski definition) is 5. The predicted molar refractivity (Wildman–Crippen MR) is 99.1 cm³/mol. The van der Waals surface area contributed by atoms with Gasteiger partial charge in [-0.25, -0.2) is 9.37 Å². The molecule has 0 aliphatic rings. The maximum Gasteiger partial charge on any atom is 0.280 e. The summed E-state index contributed by atoms with van der Waals surface area (Å²) in [6, 6.07) is 16.3. The highest BCUT2D eigenvalue weighted by Crippen LogP contribution is 2.29. The highest BCUT2D eigenvalue weighted by molar-refractivity contribution is 7.22. The lowest BCUT2D eigenvalue weighted by molar-refractivity contribution is 0.0988. The average molecular weight is 365 g/mol. The number of hydrazone groups is 1. The molecule has 0 saturated heterocycles. The van der Waals surface area contributed by atoms with Crippen molar-refractivity contribution in [3.05, 3.63) is 84.1 Å². The normalized spacial score (nSPS) is 11.3. The Balaban J connectivity index is 1.75. The molecule has 0 spiro atoms. The van der Waals surface area contributed by atoms with Gasteiger partial charge in [-0.1, -0.05) is 23.5 Å². The van der Waals surface area contributed by atoms with Gasteiger partial charge in [0.1, 0.15) is 11.6 Å². The van der Waals surface area contributed by atoms with Gasteiger partial charge in [0.25, 0.3) is 5.91 Å². The van der Waals surface area contributed by atoms with E-state index in [9.17, 15) is 9.18 Å². The topological polar surface area (TPSA) is 58.7 Å². The van der Waals surface area contributed by atoms with E-state index < -0.39 is 11.7 Å². The Morgan fingerprint density at radius 2 is 1.92 bits per heavy atom. The van der Waals surface area contributed by atoms with Crippen LogP contribution in [0, 0.1) is 5.82 Å². The van der Waals surface area contributed by atoms with Gasteiger partial charge >= 0.3 is 0 Å². The number of carbonyl (C=O) groups excluding carboxylic acids is 1. The number of anilines is 1. The molecule has 2 aromatic carbocycles. The first-order valence-corrected chi connectivity index (χ1v) is 8.55. The molecule has 0 unspecified atom stereocenters. The van der Waals surface area contributed by atoms with Crippen LogP contribution in [0.5, 0.6) is 0 Å². The minimum atomic E-state index is -0.410. The number of amides is 1. The van der Waals surface area contributed by atoms with Gasteiger partial charge in [0.05, 0.1) is 22.7 Å². The summed E-state index contributed by atoms with van der Waals surface area (Å²) < 4.78 is 19.3. The molecule has 0 aliphatic carbocycles. The number of furan rings is 1. The van der Waals surface area contributed by atoms with E-state index in [0.29, 0.717) is 16.5 Å². The molecule has 4 rings (SSSR count). The summed E-state index contributed by atoms with van der Waals surface area (Å²) in [6.45, 7) is 0. The highest BCUT2D eigenvalue weighted by Gasteiger charge is 2.21. The highest BCUT2D eigenvalue weighted by atomic mass is 32.1. The van der Waals surface area contributed by atoms with Crippen LogP contribution in [-0.2, 0) is 0 Å². The molecular formula is C19H12FN3O2S. The molecule has 128 valence electrons. The lowest BCUT2D eigenvalue weighted by atomic mass is 10.2. The van der Waals surface area contributed by atoms with Crippen LogP contribution in [0.15, 0.2) is 76.4 Å². The monoisotopic (exact) mass is 365 g/mol. The Labute approximate surface area is 152 Å². The molecule has 2 heterocycles. The van der Waals surface area contributed by atoms with Crippen LogP contribution in [-0.4, -0.2) is 17.1 Å². The fraction of sp³-hybridized carbons (Fsp3) is 0. The summed E-state index contributed by atoms with van der Waals surface area (Å²) in [4.78, 5) is 17.4. The van der Waals surface area contributed by atoms with Crippen molar-refractivity contribution in [2.24, 2.45) is 5.10 Å². The van der Waals surface area contributed by atoms with E-state index in [1.54, 1.807) is 12.1 Å². The third-order valence-corrected chi connectivity index (χ3v) is 4.60. The predicted octanol–water partition coefficient (Wildman–Crippen LogP) is 4.71. The van der Waals surface area contributed by atoms with Gasteiger partial charge in [-0.2, -0.15) is 10.1 Å². The standard InChI is InChI=1S/C19H12FN3O2S/c20-14-9-7-13(8-10-14)18(24)23(21-12-15-4-3-11-25-15)19-22-16-5-1-2-6-17(16)26-19/h1-12H/b21-12+. The number of hydrogen-bond donors (Lipinski definition) is 0. The minimum absolute atomic E-state index is 0.308. The molecule has 0 atom stereocenters. The third-order valence-electron chi connectivity index (χ3n) is 3.59. The molecule has 0 N–H and O–H groups in total. The molecule has 0 bridgehead atoms. The molecule has 0 aliphatic heterocycles. The number of halogens is 1. The number of nitrogens with zero attached hydrogens (tertiary/aromatic N) is 3. The maximum absolute atomic E-state index is 13.2. The maximum atomic E-state index is 13.2. The van der Waals surface area contributed by atoms with E-state index in [1.807, 2.05) is 24.3 Å². The molecule has 4 aromatic rings. The number of benzene rings is 2. The fourth-order valence-electron chi connectivity index (χ4n) is 2.33. The van der Waals surface area contributed by atoms with Gasteiger partial charge in [0.15, 0.2) is 0 Å². The first kappa shape index (κ1) is 16.2. The molecule has 1 amide bonds. The van der Waals surface area contributed by atoms with Crippen molar-refractivity contribution < 1.29 is 13.6 Å². The summed E-state index contributed by atoms with van der Waals surface area (Å²) in [6.07, 6.45) is 2.96. The average Bonchev–Trinajstić information content (AvgIpc) is 3.31. The minimum Gasteiger partial charge on any atom is -0.463 e. The third kappa shape index (κ3) is 3.25. The molecule has 26 heavy (non-hydrogen) atoms. The Bertz CT molecular complexity index is 1040. The summed E-state index contributed by atoms with van der Waals surface area (Å²) in [5.41, 5.74) is 1.08. The number of carbonyl (C=O) groups is 1. The van der Waals surface area contributed by atoms with Crippen molar-refractivity contribution in [1.82, 2.24) is 4.98 Å². The number of aromatic nitrogens is 1. The molecule has 0 saturated carbocycles. The van der Waals surface area contributed by atoms with Crippen molar-refractivity contribution in [1.29, 1.82) is 0 Å². The smallest absolute Gasteiger partial charge is 0.280 e. The van der Waals surface area contributed by atoms with E-state index in [4.69, 9.17) is 4.42 Å². The van der Waals surface area contributed by atoms with Crippen LogP contribution in [0.3, 0.4) is 0 Å². The Kier molecular flexibility index (Phi) is 4.28. The first-order chi connectivity index (χ1) is 12.7. The van der Waals surface area contributed by atoms with Gasteiger partial charge < -0.3 is 4.42 Å². The number of thiazole rings is 1. The number of fused-ring (bicyclic) bond motifs is 1. The Morgan fingerprint density at radius 3 is 2.65 bits per heavy atom. The van der Waals surface area contributed by atoms with Crippen molar-refractivity contribution in [2.75, 3.05) is 5.01 Å². The number of rotatable bonds is 4. The van der Waals surface area contributed by atoms with Crippen LogP contribution in [0.1, 0.15) is 16.1 Å². The van der Waals surface area contributed by atoms with Crippen molar-refractivity contribution in [2.45, 2.75) is 0 Å². The molecule has 0 radical (unpaired) electrons. The Morgan fingerprint density at radius 1 is 1.12 bits per heavy atom. The molecule has 0 fully saturated rings. The van der Waals surface area contributed by atoms with Gasteiger partial charge in [-0.15, -0.1) is 0 Å². The second-order valence-electron chi connectivity index (χ2n) is 5.35. The molecular weight excluding hydrogens is 353 g/mol. The lowest BCUT2D eigenvalue weighted by Crippen LogP contribution is -2.25. The van der Waals surface area contributed by atoms with Crippen molar-refractivity contribution in [3.63, 3.8) is 0 Å². The number of para-hydroxylation sites is 1. The van der Waals surface area contributed by atoms with Crippen LogP contribution in [0.25, 0.3) is 10.2 Å². The zero-order chi connectivity index (χ0) is 17.9. The molecule has 7 heteroatoms. The van der Waals surface area contributed by atoms with Gasteiger partial charge in [-0.3, -0.25) is 4.79 Å². The van der Waals surface area contributed by atoms with E-state index in [-0.39, 0.29) is 0 Å². The van der Waals surface area contributed by atoms with Crippen LogP contribution in [0.4, 0.5) is 9.52 Å². The zero-order valence-corrected chi connectivity index (χ0v) is 14.2. The van der Waals surface area contributed by atoms with E-state index >= 15 is 0 Å². The zero-order valence-electron chi connectivity index (χ0n) is 13.4. The lowest BCUT2D eigenvalue weighted by Gasteiger charge is -2.13. The van der Waals surface area contributed by atoms with Gasteiger partial charge in [-0.05, 0) is 48.5 Å². The second kappa shape index (κ2) is 6.89. The first-order valence-electron chi connectivity index (χ1n) is 7.74. The van der Waals surface area contributed by atoms with Crippen LogP contribution in [0.2, 0.25) is 0 Å². The van der Waals surface area contributed by atoms with Crippen molar-refractivity contribution >= 4 is 38.8 Å². The summed E-state index contributed by atoms with van der Waals surface area (Å²) in [5, 5.41) is 5.86. The quantitative estimate of drug-likeness (QED) is 0.389. The fourth-order valence-corrected chi connectivity index (χ4v) is 3.26. The van der Waals surface area contributed by atoms with Gasteiger partial charge in [0, 0.05) is 5.56 Å².